The van der Waals surface area contributed by atoms with E-state index in [1.807, 2.05) is 37.2 Å². The lowest BCUT2D eigenvalue weighted by Gasteiger charge is -2.33. The zero-order valence-electron chi connectivity index (χ0n) is 19.3. The smallest absolute Gasteiger partial charge is 0.257 e. The summed E-state index contributed by atoms with van der Waals surface area (Å²) in [4.78, 5) is 32.7. The number of pyridine rings is 3. The molecule has 10 nitrogen and oxygen atoms in total. The Labute approximate surface area is 201 Å². The Kier molecular flexibility index (Phi) is 6.03. The number of hydrogen-bond donors (Lipinski definition) is 1. The van der Waals surface area contributed by atoms with Crippen molar-refractivity contribution in [1.29, 1.82) is 0 Å². The molecule has 1 saturated heterocycles. The normalized spacial score (nSPS) is 14.4. The first kappa shape index (κ1) is 22.1. The molecule has 34 heavy (non-hydrogen) atoms. The molecule has 5 heterocycles. The van der Waals surface area contributed by atoms with Gasteiger partial charge in [-0.2, -0.15) is 0 Å². The van der Waals surface area contributed by atoms with E-state index in [1.165, 1.54) is 11.3 Å². The SMILES string of the molecule is CN1CCN(c2cc(C(=O)Nc3cc4cc(-c5nnc(N(C)C)s5)ncc4cn3)ccn2)CC1. The van der Waals surface area contributed by atoms with Gasteiger partial charge in [-0.05, 0) is 36.7 Å². The summed E-state index contributed by atoms with van der Waals surface area (Å²) < 4.78 is 0. The summed E-state index contributed by atoms with van der Waals surface area (Å²) in [7, 11) is 5.96. The van der Waals surface area contributed by atoms with Crippen LogP contribution in [0.5, 0.6) is 0 Å². The van der Waals surface area contributed by atoms with Gasteiger partial charge in [0.15, 0.2) is 5.01 Å². The maximum absolute atomic E-state index is 13.0. The summed E-state index contributed by atoms with van der Waals surface area (Å²) in [6, 6.07) is 7.33. The number of aromatic nitrogens is 5. The number of amides is 1. The van der Waals surface area contributed by atoms with E-state index >= 15 is 0 Å². The van der Waals surface area contributed by atoms with E-state index < -0.39 is 0 Å². The average molecular weight is 476 g/mol. The molecule has 1 aliphatic rings. The lowest BCUT2D eigenvalue weighted by Crippen LogP contribution is -2.44. The van der Waals surface area contributed by atoms with Gasteiger partial charge in [-0.25, -0.2) is 9.97 Å². The van der Waals surface area contributed by atoms with Crippen LogP contribution in [0.4, 0.5) is 16.8 Å². The fraction of sp³-hybridized carbons (Fsp3) is 0.304. The Hall–Kier alpha value is -3.70. The minimum atomic E-state index is -0.223. The Morgan fingerprint density at radius 2 is 1.79 bits per heavy atom. The quantitative estimate of drug-likeness (QED) is 0.466. The highest BCUT2D eigenvalue weighted by Gasteiger charge is 2.17. The van der Waals surface area contributed by atoms with E-state index in [0.29, 0.717) is 11.4 Å². The summed E-state index contributed by atoms with van der Waals surface area (Å²) in [5.41, 5.74) is 1.28. The highest BCUT2D eigenvalue weighted by Crippen LogP contribution is 2.28. The van der Waals surface area contributed by atoms with Crippen molar-refractivity contribution in [2.75, 3.05) is 62.4 Å². The molecule has 1 fully saturated rings. The Morgan fingerprint density at radius 3 is 2.56 bits per heavy atom. The molecule has 0 aliphatic carbocycles. The number of carbonyl (C=O) groups is 1. The number of anilines is 3. The highest BCUT2D eigenvalue weighted by molar-refractivity contribution is 7.18. The van der Waals surface area contributed by atoms with Crippen LogP contribution in [0.1, 0.15) is 10.4 Å². The molecule has 0 unspecified atom stereocenters. The number of likely N-dealkylation sites (N-methyl/N-ethyl adjacent to an activating group) is 1. The summed E-state index contributed by atoms with van der Waals surface area (Å²) >= 11 is 1.47. The van der Waals surface area contributed by atoms with Crippen LogP contribution < -0.4 is 15.1 Å². The Balaban J connectivity index is 1.35. The second-order valence-electron chi connectivity index (χ2n) is 8.42. The molecule has 174 valence electrons. The molecule has 4 aromatic rings. The minimum absolute atomic E-state index is 0.223. The van der Waals surface area contributed by atoms with Crippen LogP contribution in [0.15, 0.2) is 42.9 Å². The number of nitrogens with zero attached hydrogens (tertiary/aromatic N) is 8. The second-order valence-corrected chi connectivity index (χ2v) is 9.37. The largest absolute Gasteiger partial charge is 0.354 e. The van der Waals surface area contributed by atoms with Crippen molar-refractivity contribution in [3.63, 3.8) is 0 Å². The van der Waals surface area contributed by atoms with Crippen LogP contribution in [0.25, 0.3) is 21.5 Å². The van der Waals surface area contributed by atoms with E-state index in [1.54, 1.807) is 24.7 Å². The number of hydrogen-bond acceptors (Lipinski definition) is 10. The van der Waals surface area contributed by atoms with Crippen LogP contribution in [0.3, 0.4) is 0 Å². The van der Waals surface area contributed by atoms with Crippen LogP contribution in [-0.4, -0.2) is 83.3 Å². The van der Waals surface area contributed by atoms with Crippen molar-refractivity contribution < 1.29 is 4.79 Å². The molecule has 11 heteroatoms. The molecule has 0 spiro atoms. The maximum Gasteiger partial charge on any atom is 0.257 e. The predicted octanol–water partition coefficient (Wildman–Crippen LogP) is 2.61. The number of piperazine rings is 1. The van der Waals surface area contributed by atoms with Gasteiger partial charge in [-0.15, -0.1) is 10.2 Å². The number of carbonyl (C=O) groups excluding carboxylic acids is 1. The fourth-order valence-corrected chi connectivity index (χ4v) is 4.41. The third-order valence-electron chi connectivity index (χ3n) is 5.70. The Morgan fingerprint density at radius 1 is 1.00 bits per heavy atom. The van der Waals surface area contributed by atoms with Gasteiger partial charge in [0.2, 0.25) is 5.13 Å². The third kappa shape index (κ3) is 4.66. The molecule has 5 rings (SSSR count). The Bertz CT molecular complexity index is 1330. The van der Waals surface area contributed by atoms with Gasteiger partial charge >= 0.3 is 0 Å². The molecule has 1 amide bonds. The lowest BCUT2D eigenvalue weighted by molar-refractivity contribution is 0.102. The number of rotatable bonds is 5. The van der Waals surface area contributed by atoms with E-state index in [4.69, 9.17) is 0 Å². The monoisotopic (exact) mass is 475 g/mol. The third-order valence-corrected chi connectivity index (χ3v) is 6.81. The number of nitrogens with one attached hydrogen (secondary N) is 1. The summed E-state index contributed by atoms with van der Waals surface area (Å²) in [5, 5.41) is 14.7. The van der Waals surface area contributed by atoms with Gasteiger partial charge in [-0.1, -0.05) is 11.3 Å². The minimum Gasteiger partial charge on any atom is -0.354 e. The van der Waals surface area contributed by atoms with Crippen LogP contribution >= 0.6 is 11.3 Å². The van der Waals surface area contributed by atoms with Gasteiger partial charge in [-0.3, -0.25) is 9.78 Å². The average Bonchev–Trinajstić information content (AvgIpc) is 3.35. The fourth-order valence-electron chi connectivity index (χ4n) is 3.68. The van der Waals surface area contributed by atoms with Crippen molar-refractivity contribution in [3.8, 4) is 10.7 Å². The highest BCUT2D eigenvalue weighted by atomic mass is 32.1. The zero-order chi connectivity index (χ0) is 23.7. The topological polar surface area (TPSA) is 103 Å². The molecule has 0 atom stereocenters. The van der Waals surface area contributed by atoms with E-state index in [9.17, 15) is 4.79 Å². The van der Waals surface area contributed by atoms with E-state index in [2.05, 4.69) is 47.3 Å². The van der Waals surface area contributed by atoms with Crippen molar-refractivity contribution in [1.82, 2.24) is 30.0 Å². The number of fused-ring (bicyclic) bond motifs is 1. The molecule has 0 saturated carbocycles. The molecule has 1 N–H and O–H groups in total. The predicted molar refractivity (Wildman–Crippen MR) is 135 cm³/mol. The molecular weight excluding hydrogens is 450 g/mol. The van der Waals surface area contributed by atoms with Crippen molar-refractivity contribution in [2.24, 2.45) is 0 Å². The van der Waals surface area contributed by atoms with E-state index in [-0.39, 0.29) is 5.91 Å². The van der Waals surface area contributed by atoms with E-state index in [0.717, 1.165) is 58.6 Å². The first-order valence-corrected chi connectivity index (χ1v) is 11.8. The second kappa shape index (κ2) is 9.27. The first-order valence-electron chi connectivity index (χ1n) is 10.9. The van der Waals surface area contributed by atoms with Gasteiger partial charge in [0.05, 0.1) is 0 Å². The summed E-state index contributed by atoms with van der Waals surface area (Å²) in [6.45, 7) is 3.73. The van der Waals surface area contributed by atoms with Crippen LogP contribution in [-0.2, 0) is 0 Å². The summed E-state index contributed by atoms with van der Waals surface area (Å²) in [5.74, 6) is 1.06. The van der Waals surface area contributed by atoms with Crippen molar-refractivity contribution in [3.05, 3.63) is 48.4 Å². The van der Waals surface area contributed by atoms with Gasteiger partial charge in [0, 0.05) is 69.8 Å². The maximum atomic E-state index is 13.0. The zero-order valence-corrected chi connectivity index (χ0v) is 20.1. The van der Waals surface area contributed by atoms with Crippen LogP contribution in [0.2, 0.25) is 0 Å². The lowest BCUT2D eigenvalue weighted by atomic mass is 10.2. The molecular formula is C23H25N9OS. The van der Waals surface area contributed by atoms with Gasteiger partial charge in [0.1, 0.15) is 17.3 Å². The molecule has 1 aliphatic heterocycles. The summed E-state index contributed by atoms with van der Waals surface area (Å²) in [6.07, 6.45) is 5.14. The van der Waals surface area contributed by atoms with Gasteiger partial charge in [0.25, 0.3) is 5.91 Å². The molecule has 0 aromatic carbocycles. The molecule has 4 aromatic heterocycles. The molecule has 0 bridgehead atoms. The van der Waals surface area contributed by atoms with Crippen molar-refractivity contribution >= 4 is 44.8 Å². The molecule has 0 radical (unpaired) electrons. The van der Waals surface area contributed by atoms with Crippen molar-refractivity contribution in [2.45, 2.75) is 0 Å². The van der Waals surface area contributed by atoms with Gasteiger partial charge < -0.3 is 20.0 Å². The van der Waals surface area contributed by atoms with Crippen LogP contribution in [0, 0.1) is 0 Å². The standard InChI is InChI=1S/C23H25N9OS/c1-30(2)23-29-28-22(34-23)18-10-16-11-19(26-14-17(16)13-25-18)27-21(33)15-4-5-24-20(12-15)32-8-6-31(3)7-9-32/h4-5,10-14H,6-9H2,1-3H3,(H,26,27,33). The first-order chi connectivity index (χ1) is 16.5.